The maximum Gasteiger partial charge on any atom is 0.356 e. The second kappa shape index (κ2) is 3.56. The smallest absolute Gasteiger partial charge is 0.356 e. The lowest BCUT2D eigenvalue weighted by molar-refractivity contribution is 0.0688. The van der Waals surface area contributed by atoms with Crippen molar-refractivity contribution in [1.82, 2.24) is 9.78 Å². The fourth-order valence-electron chi connectivity index (χ4n) is 2.16. The highest BCUT2D eigenvalue weighted by Crippen LogP contribution is 2.32. The third-order valence-corrected chi connectivity index (χ3v) is 3.07. The van der Waals surface area contributed by atoms with E-state index in [4.69, 9.17) is 10.8 Å². The molecule has 0 amide bonds. The number of rotatable bonds is 2. The summed E-state index contributed by atoms with van der Waals surface area (Å²) in [5.41, 5.74) is 6.52. The van der Waals surface area contributed by atoms with Crippen molar-refractivity contribution < 1.29 is 9.90 Å². The Bertz CT molecular complexity index is 392. The normalized spacial score (nSPS) is 17.1. The minimum atomic E-state index is -1.00. The zero-order valence-electron chi connectivity index (χ0n) is 8.73. The van der Waals surface area contributed by atoms with Gasteiger partial charge in [-0.05, 0) is 19.8 Å². The maximum absolute atomic E-state index is 10.9. The quantitative estimate of drug-likeness (QED) is 0.774. The number of aromatic carboxylic acids is 1. The van der Waals surface area contributed by atoms with Crippen LogP contribution in [0.2, 0.25) is 0 Å². The summed E-state index contributed by atoms with van der Waals surface area (Å²) in [4.78, 5) is 10.9. The summed E-state index contributed by atoms with van der Waals surface area (Å²) < 4.78 is 1.69. The van der Waals surface area contributed by atoms with Crippen LogP contribution in [0.25, 0.3) is 0 Å². The van der Waals surface area contributed by atoms with Crippen molar-refractivity contribution in [3.05, 3.63) is 11.3 Å². The van der Waals surface area contributed by atoms with Crippen molar-refractivity contribution >= 4 is 11.8 Å². The lowest BCUT2D eigenvalue weighted by Gasteiger charge is -2.11. The fourth-order valence-corrected chi connectivity index (χ4v) is 2.16. The van der Waals surface area contributed by atoms with E-state index in [1.54, 1.807) is 11.6 Å². The van der Waals surface area contributed by atoms with E-state index in [1.807, 2.05) is 0 Å². The van der Waals surface area contributed by atoms with Gasteiger partial charge in [0, 0.05) is 5.56 Å². The number of anilines is 1. The minimum Gasteiger partial charge on any atom is -0.476 e. The van der Waals surface area contributed by atoms with E-state index in [9.17, 15) is 4.79 Å². The Morgan fingerprint density at radius 1 is 1.53 bits per heavy atom. The van der Waals surface area contributed by atoms with Gasteiger partial charge in [0.25, 0.3) is 0 Å². The van der Waals surface area contributed by atoms with Crippen molar-refractivity contribution in [2.45, 2.75) is 38.6 Å². The molecule has 1 aliphatic rings. The van der Waals surface area contributed by atoms with Crippen LogP contribution in [-0.4, -0.2) is 20.9 Å². The Morgan fingerprint density at radius 2 is 2.13 bits per heavy atom. The lowest BCUT2D eigenvalue weighted by atomic mass is 10.2. The highest BCUT2D eigenvalue weighted by Gasteiger charge is 2.24. The molecule has 15 heavy (non-hydrogen) atoms. The van der Waals surface area contributed by atoms with Crippen LogP contribution in [0.5, 0.6) is 0 Å². The molecule has 1 aromatic rings. The molecule has 1 aliphatic carbocycles. The number of hydrogen-bond acceptors (Lipinski definition) is 3. The van der Waals surface area contributed by atoms with E-state index < -0.39 is 5.97 Å². The molecule has 0 radical (unpaired) electrons. The van der Waals surface area contributed by atoms with Crippen molar-refractivity contribution in [1.29, 1.82) is 0 Å². The predicted octanol–water partition coefficient (Wildman–Crippen LogP) is 1.59. The molecule has 5 heteroatoms. The van der Waals surface area contributed by atoms with E-state index in [2.05, 4.69) is 5.10 Å². The fraction of sp³-hybridized carbons (Fsp3) is 0.600. The number of hydrogen-bond donors (Lipinski definition) is 2. The molecule has 2 rings (SSSR count). The SMILES string of the molecule is Cc1c(C(=O)O)nn(C2CCCC2)c1N. The number of nitrogen functional groups attached to an aromatic ring is 1. The van der Waals surface area contributed by atoms with Gasteiger partial charge in [-0.25, -0.2) is 9.48 Å². The van der Waals surface area contributed by atoms with Gasteiger partial charge >= 0.3 is 5.97 Å². The maximum atomic E-state index is 10.9. The van der Waals surface area contributed by atoms with Crippen molar-refractivity contribution in [3.63, 3.8) is 0 Å². The molecule has 1 fully saturated rings. The highest BCUT2D eigenvalue weighted by atomic mass is 16.4. The van der Waals surface area contributed by atoms with E-state index in [0.29, 0.717) is 11.4 Å². The Morgan fingerprint density at radius 3 is 2.60 bits per heavy atom. The van der Waals surface area contributed by atoms with Crippen molar-refractivity contribution in [3.8, 4) is 0 Å². The lowest BCUT2D eigenvalue weighted by Crippen LogP contribution is -2.10. The summed E-state index contributed by atoms with van der Waals surface area (Å²) in [6.45, 7) is 1.71. The second-order valence-corrected chi connectivity index (χ2v) is 4.05. The number of aromatic nitrogens is 2. The van der Waals surface area contributed by atoms with Crippen LogP contribution in [-0.2, 0) is 0 Å². The van der Waals surface area contributed by atoms with Gasteiger partial charge in [-0.3, -0.25) is 0 Å². The van der Waals surface area contributed by atoms with Crippen LogP contribution in [0.15, 0.2) is 0 Å². The molecule has 1 saturated carbocycles. The van der Waals surface area contributed by atoms with Gasteiger partial charge in [-0.1, -0.05) is 12.8 Å². The van der Waals surface area contributed by atoms with E-state index in [0.717, 1.165) is 12.8 Å². The third-order valence-electron chi connectivity index (χ3n) is 3.07. The molecule has 0 aromatic carbocycles. The number of carboxylic acids is 1. The van der Waals surface area contributed by atoms with E-state index in [1.165, 1.54) is 12.8 Å². The van der Waals surface area contributed by atoms with Gasteiger partial charge in [0.15, 0.2) is 5.69 Å². The molecule has 3 N–H and O–H groups in total. The molecule has 1 aromatic heterocycles. The zero-order chi connectivity index (χ0) is 11.0. The van der Waals surface area contributed by atoms with Crippen LogP contribution >= 0.6 is 0 Å². The number of carbonyl (C=O) groups is 1. The van der Waals surface area contributed by atoms with Crippen molar-refractivity contribution in [2.75, 3.05) is 5.73 Å². The van der Waals surface area contributed by atoms with Gasteiger partial charge in [-0.2, -0.15) is 5.10 Å². The van der Waals surface area contributed by atoms with Crippen LogP contribution in [0.4, 0.5) is 5.82 Å². The average molecular weight is 209 g/mol. The summed E-state index contributed by atoms with van der Waals surface area (Å²) in [5.74, 6) is -0.504. The van der Waals surface area contributed by atoms with Gasteiger partial charge in [0.05, 0.1) is 6.04 Å². The Labute approximate surface area is 87.9 Å². The summed E-state index contributed by atoms with van der Waals surface area (Å²) >= 11 is 0. The molecular formula is C10H15N3O2. The topological polar surface area (TPSA) is 81.1 Å². The molecule has 0 unspecified atom stereocenters. The zero-order valence-corrected chi connectivity index (χ0v) is 8.73. The molecule has 82 valence electrons. The van der Waals surface area contributed by atoms with Crippen molar-refractivity contribution in [2.24, 2.45) is 0 Å². The van der Waals surface area contributed by atoms with Gasteiger partial charge in [-0.15, -0.1) is 0 Å². The molecule has 1 heterocycles. The number of nitrogens with zero attached hydrogens (tertiary/aromatic N) is 2. The molecule has 0 aliphatic heterocycles. The third kappa shape index (κ3) is 1.58. The van der Waals surface area contributed by atoms with E-state index in [-0.39, 0.29) is 11.7 Å². The first kappa shape index (κ1) is 10.0. The summed E-state index contributed by atoms with van der Waals surface area (Å²) in [5, 5.41) is 13.0. The van der Waals surface area contributed by atoms with Crippen LogP contribution in [0.3, 0.4) is 0 Å². The monoisotopic (exact) mass is 209 g/mol. The number of carboxylic acid groups (broad SMARTS) is 1. The van der Waals surface area contributed by atoms with Crippen LogP contribution in [0, 0.1) is 6.92 Å². The average Bonchev–Trinajstić information content (AvgIpc) is 2.77. The largest absolute Gasteiger partial charge is 0.476 e. The van der Waals surface area contributed by atoms with E-state index >= 15 is 0 Å². The second-order valence-electron chi connectivity index (χ2n) is 4.05. The predicted molar refractivity (Wildman–Crippen MR) is 55.8 cm³/mol. The Balaban J connectivity index is 2.39. The molecule has 5 nitrogen and oxygen atoms in total. The molecule has 0 saturated heterocycles. The summed E-state index contributed by atoms with van der Waals surface area (Å²) in [7, 11) is 0. The first-order valence-electron chi connectivity index (χ1n) is 5.19. The molecule has 0 bridgehead atoms. The van der Waals surface area contributed by atoms with Gasteiger partial charge in [0.2, 0.25) is 0 Å². The number of nitrogens with two attached hydrogens (primary N) is 1. The van der Waals surface area contributed by atoms with Crippen LogP contribution < -0.4 is 5.73 Å². The first-order valence-corrected chi connectivity index (χ1v) is 5.19. The molecular weight excluding hydrogens is 194 g/mol. The Hall–Kier alpha value is -1.52. The Kier molecular flexibility index (Phi) is 2.38. The minimum absolute atomic E-state index is 0.0828. The molecule has 0 atom stereocenters. The summed E-state index contributed by atoms with van der Waals surface area (Å²) in [6, 6.07) is 0.289. The standard InChI is InChI=1S/C10H15N3O2/c1-6-8(10(14)15)12-13(9(6)11)7-4-2-3-5-7/h7H,2-5,11H2,1H3,(H,14,15). The van der Waals surface area contributed by atoms with Crippen LogP contribution in [0.1, 0.15) is 47.8 Å². The summed E-state index contributed by atoms with van der Waals surface area (Å²) in [6.07, 6.45) is 4.44. The van der Waals surface area contributed by atoms with Gasteiger partial charge in [0.1, 0.15) is 5.82 Å². The van der Waals surface area contributed by atoms with Gasteiger partial charge < -0.3 is 10.8 Å². The molecule has 0 spiro atoms. The first-order chi connectivity index (χ1) is 7.11. The highest BCUT2D eigenvalue weighted by molar-refractivity contribution is 5.88.